The molecule has 14 nitrogen and oxygen atoms in total. The Kier molecular flexibility index (Phi) is 11.4. The van der Waals surface area contributed by atoms with Gasteiger partial charge >= 0.3 is 5.97 Å². The number of carbonyl (C=O) groups is 1. The summed E-state index contributed by atoms with van der Waals surface area (Å²) >= 11 is 0. The molecule has 5 aromatic rings. The van der Waals surface area contributed by atoms with Gasteiger partial charge in [0.25, 0.3) is 0 Å². The number of rotatable bonds is 11. The van der Waals surface area contributed by atoms with Crippen LogP contribution in [0, 0.1) is 17.8 Å². The number of aliphatic hydroxyl groups is 2. The first-order valence-corrected chi connectivity index (χ1v) is 19.4. The van der Waals surface area contributed by atoms with Crippen molar-refractivity contribution in [1.82, 2.24) is 15.3 Å². The predicted molar refractivity (Wildman–Crippen MR) is 221 cm³/mol. The number of benzene rings is 2. The summed E-state index contributed by atoms with van der Waals surface area (Å²) in [5.74, 6) is 4.47. The van der Waals surface area contributed by atoms with Crippen LogP contribution < -0.4 is 26.9 Å². The summed E-state index contributed by atoms with van der Waals surface area (Å²) < 4.78 is 20.0. The van der Waals surface area contributed by atoms with E-state index < -0.39 is 59.3 Å². The van der Waals surface area contributed by atoms with Crippen molar-refractivity contribution < 1.29 is 39.1 Å². The summed E-state index contributed by atoms with van der Waals surface area (Å²) in [4.78, 5) is 36.6. The van der Waals surface area contributed by atoms with Gasteiger partial charge < -0.3 is 51.1 Å². The Morgan fingerprint density at radius 1 is 1.10 bits per heavy atom. The highest BCUT2D eigenvalue weighted by Gasteiger charge is 2.54. The highest BCUT2D eigenvalue weighted by atomic mass is 16.6. The Hall–Kier alpha value is -6.40. The zero-order valence-electron chi connectivity index (χ0n) is 33.0. The number of esters is 1. The number of likely N-dealkylation sites (N-methyl/N-ethyl adjacent to an activating group) is 1. The lowest BCUT2D eigenvalue weighted by molar-refractivity contribution is -0.164. The van der Waals surface area contributed by atoms with Crippen molar-refractivity contribution >= 4 is 28.6 Å². The average molecular weight is 802 g/mol. The van der Waals surface area contributed by atoms with Crippen LogP contribution in [0.3, 0.4) is 0 Å². The number of anilines is 2. The second-order valence-electron chi connectivity index (χ2n) is 15.1. The number of allylic oxidation sites excluding steroid dienone is 1. The standard InChI is InChI=1S/C45H47N5O9/c1-4-26(22-48-5-2)43(56)58-34-20-32-40(55)37-33(54)19-31(23-51)57-42(37)38-39(27-13-15-49-36(47)17-27)45(24-52,29-8-6-10-30(53)18-29)14-7-9-28(44(34,3)59-41(32)38)16-25-11-12-35(46)50-21-25/h4,6,8,10-13,15,17-19,21,28,34,39,48,51-53,55H,5,9,16,20,22-24H2,1-3H3,(H2,46,50)(H2,47,49)/b26-4-/t28-,34-,39-,44+,45+/m1/s1. The molecule has 2 aromatic carbocycles. The number of carbonyl (C=O) groups excluding carboxylic acids is 1. The normalized spacial score (nSPS) is 22.5. The Morgan fingerprint density at radius 2 is 1.92 bits per heavy atom. The van der Waals surface area contributed by atoms with Gasteiger partial charge in [0.2, 0.25) is 0 Å². The van der Waals surface area contributed by atoms with Crippen LogP contribution in [-0.2, 0) is 34.4 Å². The maximum Gasteiger partial charge on any atom is 0.335 e. The molecule has 0 radical (unpaired) electrons. The van der Waals surface area contributed by atoms with Crippen molar-refractivity contribution in [3.8, 4) is 29.1 Å². The largest absolute Gasteiger partial charge is 0.508 e. The summed E-state index contributed by atoms with van der Waals surface area (Å²) in [6.07, 6.45) is 4.13. The molecule has 59 heavy (non-hydrogen) atoms. The van der Waals surface area contributed by atoms with Gasteiger partial charge in [-0.25, -0.2) is 14.8 Å². The molecule has 0 saturated heterocycles. The zero-order chi connectivity index (χ0) is 42.1. The van der Waals surface area contributed by atoms with E-state index in [0.717, 1.165) is 11.6 Å². The summed E-state index contributed by atoms with van der Waals surface area (Å²) in [6.45, 7) is 5.08. The first-order valence-electron chi connectivity index (χ1n) is 19.4. The van der Waals surface area contributed by atoms with Gasteiger partial charge in [0.1, 0.15) is 63.9 Å². The smallest absolute Gasteiger partial charge is 0.335 e. The molecule has 3 aromatic heterocycles. The molecule has 9 N–H and O–H groups in total. The third kappa shape index (κ3) is 7.44. The van der Waals surface area contributed by atoms with Gasteiger partial charge in [-0.2, -0.15) is 0 Å². The number of nitrogen functional groups attached to an aromatic ring is 2. The maximum absolute atomic E-state index is 14.1. The molecule has 0 spiro atoms. The van der Waals surface area contributed by atoms with E-state index in [1.54, 1.807) is 49.5 Å². The summed E-state index contributed by atoms with van der Waals surface area (Å²) in [6, 6.07) is 14.3. The molecule has 306 valence electrons. The van der Waals surface area contributed by atoms with E-state index >= 15 is 0 Å². The highest BCUT2D eigenvalue weighted by molar-refractivity contribution is 5.92. The third-order valence-corrected chi connectivity index (χ3v) is 11.5. The highest BCUT2D eigenvalue weighted by Crippen LogP contribution is 2.56. The number of ether oxygens (including phenoxy) is 2. The number of nitrogens with two attached hydrogens (primary N) is 2. The number of phenols is 2. The fourth-order valence-corrected chi connectivity index (χ4v) is 8.37. The monoisotopic (exact) mass is 801 g/mol. The van der Waals surface area contributed by atoms with Crippen LogP contribution in [0.2, 0.25) is 0 Å². The van der Waals surface area contributed by atoms with E-state index in [0.29, 0.717) is 35.5 Å². The Bertz CT molecular complexity index is 2560. The van der Waals surface area contributed by atoms with Gasteiger partial charge in [0.05, 0.1) is 12.0 Å². The van der Waals surface area contributed by atoms with Crippen LogP contribution in [0.15, 0.2) is 87.9 Å². The minimum absolute atomic E-state index is 0.0919. The molecular formula is C45H47N5O9. The number of nitrogens with one attached hydrogen (secondary N) is 1. The molecule has 2 aliphatic heterocycles. The quantitative estimate of drug-likeness (QED) is 0.0565. The minimum Gasteiger partial charge on any atom is -0.508 e. The van der Waals surface area contributed by atoms with Crippen LogP contribution in [-0.4, -0.2) is 67.8 Å². The average Bonchev–Trinajstić information content (AvgIpc) is 3.22. The van der Waals surface area contributed by atoms with Crippen molar-refractivity contribution in [2.45, 2.75) is 69.7 Å². The molecule has 2 bridgehead atoms. The van der Waals surface area contributed by atoms with Crippen molar-refractivity contribution in [2.24, 2.45) is 5.92 Å². The number of aromatic nitrogens is 2. The molecule has 0 fully saturated rings. The van der Waals surface area contributed by atoms with Crippen LogP contribution >= 0.6 is 0 Å². The summed E-state index contributed by atoms with van der Waals surface area (Å²) in [5.41, 5.74) is 10.9. The number of pyridine rings is 2. The van der Waals surface area contributed by atoms with Gasteiger partial charge in [-0.1, -0.05) is 37.1 Å². The Morgan fingerprint density at radius 3 is 2.59 bits per heavy atom. The molecule has 5 heterocycles. The van der Waals surface area contributed by atoms with E-state index in [2.05, 4.69) is 27.1 Å². The second kappa shape index (κ2) is 16.5. The molecule has 7 rings (SSSR count). The van der Waals surface area contributed by atoms with Gasteiger partial charge in [0.15, 0.2) is 5.43 Å². The van der Waals surface area contributed by atoms with Crippen LogP contribution in [0.4, 0.5) is 11.6 Å². The number of fused-ring (bicyclic) bond motifs is 3. The number of hydrogen-bond acceptors (Lipinski definition) is 14. The fraction of sp³-hybridized carbons (Fsp3) is 0.333. The second-order valence-corrected chi connectivity index (χ2v) is 15.1. The number of nitrogens with zero attached hydrogens (tertiary/aromatic N) is 2. The number of aliphatic hydroxyl groups excluding tert-OH is 2. The lowest BCUT2D eigenvalue weighted by Crippen LogP contribution is -2.57. The molecular weight excluding hydrogens is 755 g/mol. The van der Waals surface area contributed by atoms with Gasteiger partial charge in [0, 0.05) is 66.4 Å². The minimum atomic E-state index is -1.61. The lowest BCUT2D eigenvalue weighted by Gasteiger charge is -2.48. The fourth-order valence-electron chi connectivity index (χ4n) is 8.37. The van der Waals surface area contributed by atoms with Crippen LogP contribution in [0.1, 0.15) is 66.7 Å². The van der Waals surface area contributed by atoms with Crippen LogP contribution in [0.25, 0.3) is 11.0 Å². The van der Waals surface area contributed by atoms with Crippen LogP contribution in [0.5, 0.6) is 17.2 Å². The number of phenolic OH excluding ortho intramolecular Hbond substituents is 2. The molecule has 0 unspecified atom stereocenters. The van der Waals surface area contributed by atoms with Gasteiger partial charge in [-0.05, 0) is 73.8 Å². The maximum atomic E-state index is 14.1. The van der Waals surface area contributed by atoms with Crippen molar-refractivity contribution in [1.29, 1.82) is 0 Å². The number of aromatic hydroxyl groups is 2. The summed E-state index contributed by atoms with van der Waals surface area (Å²) in [5, 5.41) is 48.2. The van der Waals surface area contributed by atoms with E-state index in [9.17, 15) is 30.0 Å². The lowest BCUT2D eigenvalue weighted by atomic mass is 9.63. The first kappa shape index (κ1) is 40.8. The zero-order valence-corrected chi connectivity index (χ0v) is 33.0. The van der Waals surface area contributed by atoms with E-state index in [1.165, 1.54) is 18.3 Å². The summed E-state index contributed by atoms with van der Waals surface area (Å²) in [7, 11) is 0. The van der Waals surface area contributed by atoms with Crippen molar-refractivity contribution in [2.75, 3.05) is 31.2 Å². The number of hydrogen-bond donors (Lipinski definition) is 7. The molecule has 5 atom stereocenters. The molecule has 0 amide bonds. The third-order valence-electron chi connectivity index (χ3n) is 11.5. The van der Waals surface area contributed by atoms with Crippen molar-refractivity contribution in [3.05, 3.63) is 122 Å². The Labute approximate surface area is 340 Å². The van der Waals surface area contributed by atoms with Crippen molar-refractivity contribution in [3.63, 3.8) is 0 Å². The van der Waals surface area contributed by atoms with Gasteiger partial charge in [-0.15, -0.1) is 5.92 Å². The molecule has 2 aliphatic rings. The van der Waals surface area contributed by atoms with E-state index in [-0.39, 0.29) is 64.6 Å². The topological polar surface area (TPSA) is 237 Å². The first-order chi connectivity index (χ1) is 28.4. The van der Waals surface area contributed by atoms with Gasteiger partial charge in [-0.3, -0.25) is 4.79 Å². The van der Waals surface area contributed by atoms with E-state index in [4.69, 9.17) is 25.4 Å². The predicted octanol–water partition coefficient (Wildman–Crippen LogP) is 4.14. The van der Waals surface area contributed by atoms with E-state index in [1.807, 2.05) is 19.9 Å². The molecule has 14 heteroatoms. The Balaban J connectivity index is 1.61. The SMILES string of the molecule is C/C=C(/CNCC)C(=O)O[C@@H]1Cc2c3c(c4oc(CO)cc(=O)c4c2O)[C@@H](c2ccnc(N)c2)[C@@](CO)(c2cccc(O)c2)C#CC[C@H](Cc2ccc(N)nc2)[C@]1(C)O3. The molecule has 0 saturated carbocycles. The molecule has 0 aliphatic carbocycles.